The minimum atomic E-state index is -0.109. The van der Waals surface area contributed by atoms with Crippen LogP contribution in [0.2, 0.25) is 0 Å². The Labute approximate surface area is 127 Å². The second-order valence-electron chi connectivity index (χ2n) is 5.88. The van der Waals surface area contributed by atoms with E-state index < -0.39 is 0 Å². The molecule has 6 heteroatoms. The lowest BCUT2D eigenvalue weighted by molar-refractivity contribution is 0.222. The fourth-order valence-corrected chi connectivity index (χ4v) is 3.11. The molecule has 5 nitrogen and oxygen atoms in total. The van der Waals surface area contributed by atoms with Crippen LogP contribution in [0.25, 0.3) is 0 Å². The molecule has 0 spiro atoms. The van der Waals surface area contributed by atoms with Gasteiger partial charge in [0, 0.05) is 25.1 Å². The highest BCUT2D eigenvalue weighted by atomic mass is 79.9. The third kappa shape index (κ3) is 3.41. The minimum absolute atomic E-state index is 0.109. The van der Waals surface area contributed by atoms with Gasteiger partial charge in [-0.15, -0.1) is 0 Å². The molecule has 2 atom stereocenters. The van der Waals surface area contributed by atoms with Gasteiger partial charge < -0.3 is 10.4 Å². The summed E-state index contributed by atoms with van der Waals surface area (Å²) in [6.07, 6.45) is 4.86. The third-order valence-corrected chi connectivity index (χ3v) is 4.52. The predicted molar refractivity (Wildman–Crippen MR) is 82.9 cm³/mol. The molecule has 0 bridgehead atoms. The summed E-state index contributed by atoms with van der Waals surface area (Å²) in [7, 11) is 0. The van der Waals surface area contributed by atoms with E-state index in [1.165, 1.54) is 4.68 Å². The summed E-state index contributed by atoms with van der Waals surface area (Å²) in [5, 5.41) is 16.9. The second kappa shape index (κ2) is 6.72. The van der Waals surface area contributed by atoms with Crippen LogP contribution in [0.3, 0.4) is 0 Å². The number of aliphatic hydroxyl groups excluding tert-OH is 1. The van der Waals surface area contributed by atoms with Crippen molar-refractivity contribution in [2.24, 2.45) is 11.8 Å². The first-order valence-corrected chi connectivity index (χ1v) is 7.95. The number of halogens is 1. The highest BCUT2D eigenvalue weighted by molar-refractivity contribution is 9.10. The zero-order valence-electron chi connectivity index (χ0n) is 12.0. The standard InChI is InChI=1S/C14H22BrN3O2/c1-9(2)7-18-14(20)13(15)12(6-16-18)17-11-5-3-4-10(11)8-19/h6,9-11,17,19H,3-5,7-8H2,1-2H3. The summed E-state index contributed by atoms with van der Waals surface area (Å²) in [4.78, 5) is 12.2. The van der Waals surface area contributed by atoms with E-state index in [1.54, 1.807) is 6.20 Å². The summed E-state index contributed by atoms with van der Waals surface area (Å²) < 4.78 is 2.01. The topological polar surface area (TPSA) is 67.2 Å². The average molecular weight is 344 g/mol. The van der Waals surface area contributed by atoms with Crippen LogP contribution in [0.1, 0.15) is 33.1 Å². The molecule has 0 radical (unpaired) electrons. The Kier molecular flexibility index (Phi) is 5.21. The Morgan fingerprint density at radius 2 is 2.30 bits per heavy atom. The molecule has 2 N–H and O–H groups in total. The van der Waals surface area contributed by atoms with E-state index >= 15 is 0 Å². The van der Waals surface area contributed by atoms with Crippen molar-refractivity contribution in [3.05, 3.63) is 21.0 Å². The molecule has 20 heavy (non-hydrogen) atoms. The van der Waals surface area contributed by atoms with Crippen molar-refractivity contribution in [2.45, 2.75) is 45.7 Å². The van der Waals surface area contributed by atoms with Gasteiger partial charge in [-0.1, -0.05) is 20.3 Å². The summed E-state index contributed by atoms with van der Waals surface area (Å²) >= 11 is 3.37. The number of hydrogen-bond acceptors (Lipinski definition) is 4. The van der Waals surface area contributed by atoms with Crippen molar-refractivity contribution in [1.29, 1.82) is 0 Å². The largest absolute Gasteiger partial charge is 0.396 e. The molecule has 112 valence electrons. The SMILES string of the molecule is CC(C)Cn1ncc(NC2CCCC2CO)c(Br)c1=O. The number of nitrogens with one attached hydrogen (secondary N) is 1. The van der Waals surface area contributed by atoms with E-state index in [0.717, 1.165) is 24.9 Å². The van der Waals surface area contributed by atoms with Gasteiger partial charge in [0.25, 0.3) is 5.56 Å². The highest BCUT2D eigenvalue weighted by Crippen LogP contribution is 2.29. The molecule has 0 aliphatic heterocycles. The Hall–Kier alpha value is -0.880. The molecular weight excluding hydrogens is 322 g/mol. The maximum absolute atomic E-state index is 12.2. The highest BCUT2D eigenvalue weighted by Gasteiger charge is 2.27. The normalized spacial score (nSPS) is 22.4. The molecule has 1 fully saturated rings. The van der Waals surface area contributed by atoms with Crippen LogP contribution >= 0.6 is 15.9 Å². The zero-order valence-corrected chi connectivity index (χ0v) is 13.6. The summed E-state index contributed by atoms with van der Waals surface area (Å²) in [6.45, 7) is 4.91. The van der Waals surface area contributed by atoms with Crippen molar-refractivity contribution in [1.82, 2.24) is 9.78 Å². The quantitative estimate of drug-likeness (QED) is 0.860. The third-order valence-electron chi connectivity index (χ3n) is 3.76. The van der Waals surface area contributed by atoms with Gasteiger partial charge in [-0.05, 0) is 34.7 Å². The molecular formula is C14H22BrN3O2. The van der Waals surface area contributed by atoms with Crippen LogP contribution in [-0.4, -0.2) is 27.5 Å². The van der Waals surface area contributed by atoms with Crippen LogP contribution < -0.4 is 10.9 Å². The molecule has 2 unspecified atom stereocenters. The molecule has 1 heterocycles. The predicted octanol–water partition coefficient (Wildman–Crippen LogP) is 2.23. The van der Waals surface area contributed by atoms with E-state index in [2.05, 4.69) is 40.2 Å². The molecule has 1 saturated carbocycles. The van der Waals surface area contributed by atoms with Crippen molar-refractivity contribution in [3.8, 4) is 0 Å². The van der Waals surface area contributed by atoms with Crippen LogP contribution in [-0.2, 0) is 6.54 Å². The number of nitrogens with zero attached hydrogens (tertiary/aromatic N) is 2. The Morgan fingerprint density at radius 1 is 1.55 bits per heavy atom. The van der Waals surface area contributed by atoms with Gasteiger partial charge in [0.15, 0.2) is 0 Å². The average Bonchev–Trinajstić information content (AvgIpc) is 2.85. The minimum Gasteiger partial charge on any atom is -0.396 e. The van der Waals surface area contributed by atoms with E-state index in [0.29, 0.717) is 16.9 Å². The van der Waals surface area contributed by atoms with Crippen LogP contribution in [0.4, 0.5) is 5.69 Å². The van der Waals surface area contributed by atoms with Crippen molar-refractivity contribution >= 4 is 21.6 Å². The fraction of sp³-hybridized carbons (Fsp3) is 0.714. The zero-order chi connectivity index (χ0) is 14.7. The summed E-state index contributed by atoms with van der Waals surface area (Å²) in [5.41, 5.74) is 0.614. The molecule has 0 amide bonds. The second-order valence-corrected chi connectivity index (χ2v) is 6.67. The molecule has 1 aromatic heterocycles. The molecule has 1 aromatic rings. The van der Waals surface area contributed by atoms with Crippen molar-refractivity contribution in [3.63, 3.8) is 0 Å². The number of hydrogen-bond donors (Lipinski definition) is 2. The first-order chi connectivity index (χ1) is 9.52. The Balaban J connectivity index is 2.17. The monoisotopic (exact) mass is 343 g/mol. The molecule has 2 rings (SSSR count). The number of aromatic nitrogens is 2. The maximum atomic E-state index is 12.2. The van der Waals surface area contributed by atoms with Gasteiger partial charge >= 0.3 is 0 Å². The van der Waals surface area contributed by atoms with E-state index in [-0.39, 0.29) is 24.1 Å². The van der Waals surface area contributed by atoms with Gasteiger partial charge in [-0.25, -0.2) is 4.68 Å². The smallest absolute Gasteiger partial charge is 0.283 e. The maximum Gasteiger partial charge on any atom is 0.283 e. The van der Waals surface area contributed by atoms with E-state index in [1.807, 2.05) is 0 Å². The van der Waals surface area contributed by atoms with Crippen molar-refractivity contribution < 1.29 is 5.11 Å². The van der Waals surface area contributed by atoms with Gasteiger partial charge in [-0.3, -0.25) is 4.79 Å². The lowest BCUT2D eigenvalue weighted by atomic mass is 10.1. The van der Waals surface area contributed by atoms with E-state index in [4.69, 9.17) is 0 Å². The first kappa shape index (κ1) is 15.5. The lowest BCUT2D eigenvalue weighted by Gasteiger charge is -2.21. The van der Waals surface area contributed by atoms with E-state index in [9.17, 15) is 9.90 Å². The summed E-state index contributed by atoms with van der Waals surface area (Å²) in [6, 6.07) is 0.221. The van der Waals surface area contributed by atoms with Crippen LogP contribution in [0.5, 0.6) is 0 Å². The lowest BCUT2D eigenvalue weighted by Crippen LogP contribution is -2.30. The fourth-order valence-electron chi connectivity index (χ4n) is 2.69. The van der Waals surface area contributed by atoms with Crippen molar-refractivity contribution in [2.75, 3.05) is 11.9 Å². The molecule has 0 aromatic carbocycles. The summed E-state index contributed by atoms with van der Waals surface area (Å²) in [5.74, 6) is 0.638. The number of aliphatic hydroxyl groups is 1. The van der Waals surface area contributed by atoms with Gasteiger partial charge in [-0.2, -0.15) is 5.10 Å². The first-order valence-electron chi connectivity index (χ1n) is 7.16. The van der Waals surface area contributed by atoms with Gasteiger partial charge in [0.05, 0.1) is 11.9 Å². The number of anilines is 1. The van der Waals surface area contributed by atoms with Crippen LogP contribution in [0.15, 0.2) is 15.5 Å². The van der Waals surface area contributed by atoms with Crippen LogP contribution in [0, 0.1) is 11.8 Å². The van der Waals surface area contributed by atoms with Gasteiger partial charge in [0.1, 0.15) is 4.47 Å². The Morgan fingerprint density at radius 3 is 2.95 bits per heavy atom. The number of rotatable bonds is 5. The molecule has 0 saturated heterocycles. The molecule has 1 aliphatic carbocycles. The molecule has 1 aliphatic rings. The Bertz CT molecular complexity index is 516. The van der Waals surface area contributed by atoms with Gasteiger partial charge in [0.2, 0.25) is 0 Å².